The highest BCUT2D eigenvalue weighted by atomic mass is 35.5. The van der Waals surface area contributed by atoms with Crippen LogP contribution in [0.15, 0.2) is 18.2 Å². The van der Waals surface area contributed by atoms with Crippen LogP contribution in [0.5, 0.6) is 0 Å². The molecule has 1 heterocycles. The summed E-state index contributed by atoms with van der Waals surface area (Å²) < 4.78 is 5.37. The minimum atomic E-state index is -0.578. The van der Waals surface area contributed by atoms with Crippen molar-refractivity contribution in [2.24, 2.45) is 0 Å². The van der Waals surface area contributed by atoms with E-state index in [-0.39, 0.29) is 5.91 Å². The van der Waals surface area contributed by atoms with E-state index in [0.717, 1.165) is 12.0 Å². The average Bonchev–Trinajstić information content (AvgIpc) is 2.90. The number of nitrogens with one attached hydrogen (secondary N) is 1. The van der Waals surface area contributed by atoms with Gasteiger partial charge in [0.05, 0.1) is 0 Å². The van der Waals surface area contributed by atoms with Crippen LogP contribution in [-0.2, 0) is 9.53 Å². The molecule has 0 aromatic heterocycles. The summed E-state index contributed by atoms with van der Waals surface area (Å²) in [6.45, 7) is 7.86. The molecule has 1 N–H and O–H groups in total. The quantitative estimate of drug-likeness (QED) is 0.887. The highest BCUT2D eigenvalue weighted by Crippen LogP contribution is 2.24. The van der Waals surface area contributed by atoms with Gasteiger partial charge >= 0.3 is 6.09 Å². The van der Waals surface area contributed by atoms with E-state index in [4.69, 9.17) is 16.3 Å². The number of hydrogen-bond donors (Lipinski definition) is 1. The fourth-order valence-electron chi connectivity index (χ4n) is 2.47. The van der Waals surface area contributed by atoms with Crippen molar-refractivity contribution in [1.82, 2.24) is 4.90 Å². The van der Waals surface area contributed by atoms with Gasteiger partial charge in [0.2, 0.25) is 5.91 Å². The monoisotopic (exact) mass is 338 g/mol. The minimum absolute atomic E-state index is 0.215. The zero-order valence-electron chi connectivity index (χ0n) is 14.0. The van der Waals surface area contributed by atoms with Crippen molar-refractivity contribution in [3.05, 3.63) is 28.8 Å². The number of aryl methyl sites for hydroxylation is 1. The second-order valence-corrected chi connectivity index (χ2v) is 7.19. The lowest BCUT2D eigenvalue weighted by Gasteiger charge is -2.28. The number of anilines is 1. The van der Waals surface area contributed by atoms with E-state index in [1.54, 1.807) is 12.1 Å². The molecular formula is C17H23ClN2O3. The van der Waals surface area contributed by atoms with E-state index < -0.39 is 17.7 Å². The second kappa shape index (κ2) is 6.79. The summed E-state index contributed by atoms with van der Waals surface area (Å²) in [6, 6.07) is 4.84. The van der Waals surface area contributed by atoms with Crippen molar-refractivity contribution in [2.45, 2.75) is 52.2 Å². The molecule has 0 bridgehead atoms. The van der Waals surface area contributed by atoms with Gasteiger partial charge in [0, 0.05) is 17.3 Å². The topological polar surface area (TPSA) is 58.6 Å². The van der Waals surface area contributed by atoms with E-state index in [1.807, 2.05) is 33.8 Å². The van der Waals surface area contributed by atoms with Crippen LogP contribution in [0.1, 0.15) is 39.2 Å². The zero-order valence-corrected chi connectivity index (χ0v) is 14.7. The lowest BCUT2D eigenvalue weighted by Crippen LogP contribution is -2.45. The van der Waals surface area contributed by atoms with E-state index in [1.165, 1.54) is 4.90 Å². The van der Waals surface area contributed by atoms with Gasteiger partial charge < -0.3 is 10.1 Å². The number of nitrogens with zero attached hydrogens (tertiary/aromatic N) is 1. The van der Waals surface area contributed by atoms with Crippen LogP contribution in [0.3, 0.4) is 0 Å². The van der Waals surface area contributed by atoms with Gasteiger partial charge in [-0.25, -0.2) is 4.79 Å². The van der Waals surface area contributed by atoms with E-state index in [2.05, 4.69) is 5.32 Å². The summed E-state index contributed by atoms with van der Waals surface area (Å²) in [4.78, 5) is 26.2. The molecule has 6 heteroatoms. The van der Waals surface area contributed by atoms with Gasteiger partial charge in [-0.3, -0.25) is 9.69 Å². The van der Waals surface area contributed by atoms with Gasteiger partial charge in [-0.1, -0.05) is 17.7 Å². The second-order valence-electron chi connectivity index (χ2n) is 6.78. The molecule has 1 atom stereocenters. The lowest BCUT2D eigenvalue weighted by atomic mass is 10.2. The molecular weight excluding hydrogens is 316 g/mol. The normalized spacial score (nSPS) is 18.0. The van der Waals surface area contributed by atoms with Crippen LogP contribution < -0.4 is 5.32 Å². The third kappa shape index (κ3) is 4.61. The molecule has 126 valence electrons. The summed E-state index contributed by atoms with van der Waals surface area (Å²) in [6.07, 6.45) is 0.966. The molecule has 0 spiro atoms. The van der Waals surface area contributed by atoms with Gasteiger partial charge in [-0.2, -0.15) is 0 Å². The van der Waals surface area contributed by atoms with Gasteiger partial charge in [0.1, 0.15) is 11.6 Å². The molecule has 1 aromatic rings. The highest BCUT2D eigenvalue weighted by molar-refractivity contribution is 6.31. The molecule has 0 aliphatic carbocycles. The van der Waals surface area contributed by atoms with E-state index in [9.17, 15) is 9.59 Å². The summed E-state index contributed by atoms with van der Waals surface area (Å²) in [5, 5.41) is 3.42. The molecule has 0 unspecified atom stereocenters. The molecule has 1 aliphatic heterocycles. The smallest absolute Gasteiger partial charge is 0.410 e. The largest absolute Gasteiger partial charge is 0.444 e. The molecule has 1 aromatic carbocycles. The summed E-state index contributed by atoms with van der Waals surface area (Å²) in [7, 11) is 0. The first kappa shape index (κ1) is 17.6. The third-order valence-corrected chi connectivity index (χ3v) is 4.03. The van der Waals surface area contributed by atoms with Crippen LogP contribution in [-0.4, -0.2) is 35.1 Å². The average molecular weight is 339 g/mol. The molecule has 0 saturated carbocycles. The zero-order chi connectivity index (χ0) is 17.2. The van der Waals surface area contributed by atoms with Crippen molar-refractivity contribution >= 4 is 29.3 Å². The lowest BCUT2D eigenvalue weighted by molar-refractivity contribution is -0.120. The Labute approximate surface area is 141 Å². The van der Waals surface area contributed by atoms with Crippen molar-refractivity contribution in [1.29, 1.82) is 0 Å². The first-order valence-electron chi connectivity index (χ1n) is 7.74. The number of rotatable bonds is 2. The SMILES string of the molecule is Cc1ccc(NC(=O)[C@@H]2CCCN2C(=O)OC(C)(C)C)cc1Cl. The van der Waals surface area contributed by atoms with Crippen LogP contribution in [0.2, 0.25) is 5.02 Å². The Kier molecular flexibility index (Phi) is 5.19. The molecule has 0 radical (unpaired) electrons. The number of amides is 2. The Morgan fingerprint density at radius 1 is 1.35 bits per heavy atom. The van der Waals surface area contributed by atoms with Crippen LogP contribution >= 0.6 is 11.6 Å². The first-order chi connectivity index (χ1) is 10.7. The molecule has 23 heavy (non-hydrogen) atoms. The predicted octanol–water partition coefficient (Wildman–Crippen LogP) is 3.99. The van der Waals surface area contributed by atoms with Gasteiger partial charge in [-0.05, 0) is 58.2 Å². The maximum absolute atomic E-state index is 12.5. The Morgan fingerprint density at radius 3 is 2.65 bits per heavy atom. The van der Waals surface area contributed by atoms with E-state index in [0.29, 0.717) is 23.7 Å². The van der Waals surface area contributed by atoms with Crippen LogP contribution in [0.4, 0.5) is 10.5 Å². The summed E-state index contributed by atoms with van der Waals surface area (Å²) in [5.41, 5.74) is 0.994. The van der Waals surface area contributed by atoms with Crippen LogP contribution in [0, 0.1) is 6.92 Å². The number of carbonyl (C=O) groups is 2. The van der Waals surface area contributed by atoms with E-state index >= 15 is 0 Å². The maximum atomic E-state index is 12.5. The number of halogens is 1. The van der Waals surface area contributed by atoms with Crippen molar-refractivity contribution in [3.8, 4) is 0 Å². The summed E-state index contributed by atoms with van der Waals surface area (Å²) >= 11 is 6.07. The number of likely N-dealkylation sites (tertiary alicyclic amines) is 1. The molecule has 2 amide bonds. The summed E-state index contributed by atoms with van der Waals surface area (Å²) in [5.74, 6) is -0.215. The van der Waals surface area contributed by atoms with Gasteiger partial charge in [-0.15, -0.1) is 0 Å². The Hall–Kier alpha value is -1.75. The maximum Gasteiger partial charge on any atom is 0.410 e. The molecule has 1 fully saturated rings. The number of ether oxygens (including phenoxy) is 1. The standard InChI is InChI=1S/C17H23ClN2O3/c1-11-7-8-12(10-13(11)18)19-15(21)14-6-5-9-20(14)16(22)23-17(2,3)4/h7-8,10,14H,5-6,9H2,1-4H3,(H,19,21)/t14-/m0/s1. The van der Waals surface area contributed by atoms with Crippen molar-refractivity contribution in [2.75, 3.05) is 11.9 Å². The Balaban J connectivity index is 2.05. The predicted molar refractivity (Wildman–Crippen MR) is 90.8 cm³/mol. The van der Waals surface area contributed by atoms with Crippen molar-refractivity contribution in [3.63, 3.8) is 0 Å². The molecule has 1 aliphatic rings. The minimum Gasteiger partial charge on any atom is -0.444 e. The number of carbonyl (C=O) groups excluding carboxylic acids is 2. The molecule has 1 saturated heterocycles. The highest BCUT2D eigenvalue weighted by Gasteiger charge is 2.36. The molecule has 2 rings (SSSR count). The third-order valence-electron chi connectivity index (χ3n) is 3.62. The van der Waals surface area contributed by atoms with Gasteiger partial charge in [0.15, 0.2) is 0 Å². The Bertz CT molecular complexity index is 610. The Morgan fingerprint density at radius 2 is 2.04 bits per heavy atom. The number of hydrogen-bond acceptors (Lipinski definition) is 3. The first-order valence-corrected chi connectivity index (χ1v) is 8.12. The van der Waals surface area contributed by atoms with Crippen LogP contribution in [0.25, 0.3) is 0 Å². The molecule has 5 nitrogen and oxygen atoms in total. The fourth-order valence-corrected chi connectivity index (χ4v) is 2.66. The fraction of sp³-hybridized carbons (Fsp3) is 0.529. The number of benzene rings is 1. The van der Waals surface area contributed by atoms with Crippen molar-refractivity contribution < 1.29 is 14.3 Å². The van der Waals surface area contributed by atoms with Gasteiger partial charge in [0.25, 0.3) is 0 Å².